The summed E-state index contributed by atoms with van der Waals surface area (Å²) in [6, 6.07) is 4.00. The van der Waals surface area contributed by atoms with Crippen molar-refractivity contribution in [2.24, 2.45) is 0 Å². The third-order valence-corrected chi connectivity index (χ3v) is 5.63. The zero-order chi connectivity index (χ0) is 19.5. The molecule has 2 aromatic heterocycles. The van der Waals surface area contributed by atoms with Crippen molar-refractivity contribution >= 4 is 11.8 Å². The first kappa shape index (κ1) is 19.1. The van der Waals surface area contributed by atoms with Crippen molar-refractivity contribution in [2.75, 3.05) is 36.0 Å². The number of aliphatic hydroxyl groups is 2. The lowest BCUT2D eigenvalue weighted by Crippen LogP contribution is -2.32. The Morgan fingerprint density at radius 1 is 1.00 bits per heavy atom. The van der Waals surface area contributed by atoms with E-state index in [1.807, 2.05) is 10.7 Å². The minimum absolute atomic E-state index is 0.314. The smallest absolute Gasteiger partial charge is 0.227 e. The molecule has 4 rings (SSSR count). The fourth-order valence-corrected chi connectivity index (χ4v) is 3.98. The molecule has 0 spiro atoms. The third-order valence-electron chi connectivity index (χ3n) is 5.63. The number of aryl methyl sites for hydroxylation is 2. The van der Waals surface area contributed by atoms with Gasteiger partial charge in [0.2, 0.25) is 5.95 Å². The molecule has 4 heterocycles. The van der Waals surface area contributed by atoms with Gasteiger partial charge in [0.25, 0.3) is 0 Å². The Bertz CT molecular complexity index is 802. The highest BCUT2D eigenvalue weighted by Gasteiger charge is 2.22. The van der Waals surface area contributed by atoms with Crippen molar-refractivity contribution in [3.8, 4) is 0 Å². The van der Waals surface area contributed by atoms with Crippen molar-refractivity contribution in [1.29, 1.82) is 0 Å². The van der Waals surface area contributed by atoms with E-state index in [0.717, 1.165) is 62.2 Å². The number of rotatable bonds is 5. The van der Waals surface area contributed by atoms with Gasteiger partial charge in [-0.25, -0.2) is 4.98 Å². The molecule has 0 radical (unpaired) electrons. The number of hydrogen-bond acceptors (Lipinski definition) is 7. The summed E-state index contributed by atoms with van der Waals surface area (Å²) >= 11 is 0. The number of aromatic nitrogens is 4. The van der Waals surface area contributed by atoms with Crippen LogP contribution in [0.2, 0.25) is 0 Å². The quantitative estimate of drug-likeness (QED) is 0.808. The lowest BCUT2D eigenvalue weighted by Gasteiger charge is -2.29. The Morgan fingerprint density at radius 2 is 1.79 bits per heavy atom. The molecule has 2 N–H and O–H groups in total. The highest BCUT2D eigenvalue weighted by molar-refractivity contribution is 5.47. The molecule has 152 valence electrons. The van der Waals surface area contributed by atoms with Crippen molar-refractivity contribution in [2.45, 2.75) is 58.2 Å². The molecule has 0 saturated carbocycles. The van der Waals surface area contributed by atoms with Gasteiger partial charge >= 0.3 is 0 Å². The summed E-state index contributed by atoms with van der Waals surface area (Å²) in [7, 11) is 0. The second kappa shape index (κ2) is 8.45. The zero-order valence-electron chi connectivity index (χ0n) is 16.6. The Balaban J connectivity index is 1.61. The largest absolute Gasteiger partial charge is 0.393 e. The van der Waals surface area contributed by atoms with E-state index in [1.54, 1.807) is 0 Å². The molecule has 2 aliphatic heterocycles. The minimum atomic E-state index is -0.927. The molecular weight excluding hydrogens is 356 g/mol. The fraction of sp³-hybridized carbons (Fsp3) is 0.650. The highest BCUT2D eigenvalue weighted by atomic mass is 16.3. The second-order valence-electron chi connectivity index (χ2n) is 7.68. The number of nitrogens with zero attached hydrogens (tertiary/aromatic N) is 6. The van der Waals surface area contributed by atoms with Crippen LogP contribution in [0.25, 0.3) is 0 Å². The van der Waals surface area contributed by atoms with Gasteiger partial charge in [0.05, 0.1) is 24.5 Å². The van der Waals surface area contributed by atoms with Crippen LogP contribution in [-0.2, 0) is 19.5 Å². The maximum atomic E-state index is 9.92. The summed E-state index contributed by atoms with van der Waals surface area (Å²) in [5, 5.41) is 23.6. The first-order chi connectivity index (χ1) is 13.7. The molecule has 0 aromatic carbocycles. The Labute approximate surface area is 165 Å². The predicted octanol–water partition coefficient (Wildman–Crippen LogP) is 1.66. The highest BCUT2D eigenvalue weighted by Crippen LogP contribution is 2.25. The molecule has 0 bridgehead atoms. The van der Waals surface area contributed by atoms with Crippen LogP contribution < -0.4 is 9.80 Å². The van der Waals surface area contributed by atoms with Gasteiger partial charge in [-0.3, -0.25) is 4.68 Å². The third kappa shape index (κ3) is 3.98. The molecule has 0 amide bonds. The van der Waals surface area contributed by atoms with E-state index in [-0.39, 0.29) is 6.61 Å². The van der Waals surface area contributed by atoms with E-state index in [9.17, 15) is 10.2 Å². The molecule has 2 aromatic rings. The molecule has 28 heavy (non-hydrogen) atoms. The number of fused-ring (bicyclic) bond motifs is 1. The molecule has 1 saturated heterocycles. The monoisotopic (exact) mass is 386 g/mol. The van der Waals surface area contributed by atoms with Gasteiger partial charge in [-0.2, -0.15) is 10.1 Å². The maximum Gasteiger partial charge on any atom is 0.227 e. The van der Waals surface area contributed by atoms with E-state index in [4.69, 9.17) is 9.97 Å². The minimum Gasteiger partial charge on any atom is -0.393 e. The molecule has 1 fully saturated rings. The summed E-state index contributed by atoms with van der Waals surface area (Å²) in [4.78, 5) is 14.3. The van der Waals surface area contributed by atoms with Gasteiger partial charge in [-0.05, 0) is 38.2 Å². The normalized spacial score (nSPS) is 18.7. The van der Waals surface area contributed by atoms with Crippen LogP contribution in [0.4, 0.5) is 11.8 Å². The van der Waals surface area contributed by atoms with E-state index in [0.29, 0.717) is 12.2 Å². The van der Waals surface area contributed by atoms with Gasteiger partial charge in [-0.15, -0.1) is 0 Å². The first-order valence-corrected chi connectivity index (χ1v) is 10.4. The van der Waals surface area contributed by atoms with Crippen LogP contribution >= 0.6 is 0 Å². The van der Waals surface area contributed by atoms with Crippen LogP contribution in [0.15, 0.2) is 12.1 Å². The van der Waals surface area contributed by atoms with E-state index in [1.165, 1.54) is 19.3 Å². The number of anilines is 2. The molecule has 1 atom stereocenters. The summed E-state index contributed by atoms with van der Waals surface area (Å²) in [6.07, 6.45) is 4.60. The van der Waals surface area contributed by atoms with Crippen LogP contribution in [0.1, 0.15) is 55.8 Å². The average molecular weight is 387 g/mol. The van der Waals surface area contributed by atoms with Gasteiger partial charge < -0.3 is 20.0 Å². The van der Waals surface area contributed by atoms with Crippen molar-refractivity contribution < 1.29 is 10.2 Å². The van der Waals surface area contributed by atoms with E-state index < -0.39 is 6.10 Å². The van der Waals surface area contributed by atoms with Gasteiger partial charge in [0.15, 0.2) is 0 Å². The van der Waals surface area contributed by atoms with Crippen LogP contribution in [0.3, 0.4) is 0 Å². The lowest BCUT2D eigenvalue weighted by atomic mass is 10.1. The number of aliphatic hydroxyl groups excluding tert-OH is 2. The standard InChI is InChI=1S/C20H30N6O2/c1-2-15-11-19(22-20(21-15)24-7-4-3-5-8-24)25-9-6-10-26-16(13-25)12-17(23-26)18(28)14-27/h11-12,18,27-28H,2-10,13-14H2,1H3/t18-/m0/s1. The van der Waals surface area contributed by atoms with Crippen LogP contribution in [-0.4, -0.2) is 56.2 Å². The molecule has 0 aliphatic carbocycles. The molecular formula is C20H30N6O2. The van der Waals surface area contributed by atoms with Crippen molar-refractivity contribution in [3.05, 3.63) is 29.2 Å². The maximum absolute atomic E-state index is 9.92. The van der Waals surface area contributed by atoms with Gasteiger partial charge in [0, 0.05) is 37.9 Å². The number of hydrogen-bond donors (Lipinski definition) is 2. The van der Waals surface area contributed by atoms with Crippen molar-refractivity contribution in [1.82, 2.24) is 19.7 Å². The number of piperidine rings is 1. The fourth-order valence-electron chi connectivity index (χ4n) is 3.98. The van der Waals surface area contributed by atoms with Gasteiger partial charge in [-0.1, -0.05) is 6.92 Å². The van der Waals surface area contributed by atoms with Crippen LogP contribution in [0, 0.1) is 0 Å². The van der Waals surface area contributed by atoms with Gasteiger partial charge in [0.1, 0.15) is 11.9 Å². The van der Waals surface area contributed by atoms with E-state index >= 15 is 0 Å². The Morgan fingerprint density at radius 3 is 2.54 bits per heavy atom. The van der Waals surface area contributed by atoms with Crippen LogP contribution in [0.5, 0.6) is 0 Å². The molecule has 8 nitrogen and oxygen atoms in total. The SMILES string of the molecule is CCc1cc(N2CCCn3nc([C@@H](O)CO)cc3C2)nc(N2CCCCC2)n1. The summed E-state index contributed by atoms with van der Waals surface area (Å²) in [5.41, 5.74) is 2.64. The zero-order valence-corrected chi connectivity index (χ0v) is 16.6. The predicted molar refractivity (Wildman–Crippen MR) is 107 cm³/mol. The molecule has 0 unspecified atom stereocenters. The summed E-state index contributed by atoms with van der Waals surface area (Å²) in [5.74, 6) is 1.81. The van der Waals surface area contributed by atoms with E-state index in [2.05, 4.69) is 27.9 Å². The lowest BCUT2D eigenvalue weighted by molar-refractivity contribution is 0.0916. The second-order valence-corrected chi connectivity index (χ2v) is 7.68. The Hall–Kier alpha value is -2.19. The van der Waals surface area contributed by atoms with Crippen molar-refractivity contribution in [3.63, 3.8) is 0 Å². The molecule has 8 heteroatoms. The summed E-state index contributed by atoms with van der Waals surface area (Å²) < 4.78 is 1.95. The average Bonchev–Trinajstić information content (AvgIpc) is 3.04. The first-order valence-electron chi connectivity index (χ1n) is 10.4. The summed E-state index contributed by atoms with van der Waals surface area (Å²) in [6.45, 7) is 6.27. The Kier molecular flexibility index (Phi) is 5.77. The topological polar surface area (TPSA) is 90.5 Å². The molecule has 2 aliphatic rings.